The van der Waals surface area contributed by atoms with E-state index < -0.39 is 11.2 Å². The normalized spacial score (nSPS) is 17.7. The van der Waals surface area contributed by atoms with Gasteiger partial charge in [0.15, 0.2) is 5.17 Å². The molecule has 1 saturated heterocycles. The number of halogens is 1. The highest BCUT2D eigenvalue weighted by Crippen LogP contribution is 2.29. The number of amidine groups is 1. The highest BCUT2D eigenvalue weighted by molar-refractivity contribution is 8.15. The van der Waals surface area contributed by atoms with Crippen LogP contribution in [0.25, 0.3) is 0 Å². The van der Waals surface area contributed by atoms with Gasteiger partial charge < -0.3 is 10.1 Å². The average molecular weight is 446 g/mol. The summed E-state index contributed by atoms with van der Waals surface area (Å²) in [7, 11) is 1.63. The second kappa shape index (κ2) is 9.77. The van der Waals surface area contributed by atoms with Gasteiger partial charge in [-0.25, -0.2) is 9.79 Å². The number of carbonyl (C=O) groups is 3. The van der Waals surface area contributed by atoms with Gasteiger partial charge in [0.2, 0.25) is 11.8 Å². The van der Waals surface area contributed by atoms with E-state index in [1.165, 1.54) is 16.7 Å². The Morgan fingerprint density at radius 1 is 1.27 bits per heavy atom. The Hall–Kier alpha value is -2.84. The van der Waals surface area contributed by atoms with Gasteiger partial charge >= 0.3 is 5.97 Å². The molecule has 3 rings (SSSR count). The van der Waals surface area contributed by atoms with E-state index >= 15 is 0 Å². The molecule has 0 unspecified atom stereocenters. The first-order valence-corrected chi connectivity index (χ1v) is 10.5. The first-order valence-electron chi connectivity index (χ1n) is 9.23. The highest BCUT2D eigenvalue weighted by Gasteiger charge is 2.34. The van der Waals surface area contributed by atoms with Crippen molar-refractivity contribution in [1.29, 1.82) is 0 Å². The molecular weight excluding hydrogens is 426 g/mol. The SMILES string of the molecule is CCOC(=O)c1ccc(NC(=O)[C@@H]2CC(=O)N(C)C(=Nc3cccc(Cl)c3)S2)cc1. The lowest BCUT2D eigenvalue weighted by atomic mass is 10.2. The van der Waals surface area contributed by atoms with Gasteiger partial charge in [0.25, 0.3) is 0 Å². The summed E-state index contributed by atoms with van der Waals surface area (Å²) in [4.78, 5) is 42.7. The number of esters is 1. The van der Waals surface area contributed by atoms with Gasteiger partial charge in [0, 0.05) is 24.2 Å². The van der Waals surface area contributed by atoms with Crippen LogP contribution in [-0.4, -0.2) is 46.8 Å². The number of hydrogen-bond acceptors (Lipinski definition) is 6. The van der Waals surface area contributed by atoms with Crippen LogP contribution in [0.4, 0.5) is 11.4 Å². The minimum Gasteiger partial charge on any atom is -0.462 e. The van der Waals surface area contributed by atoms with Crippen molar-refractivity contribution in [3.63, 3.8) is 0 Å². The number of hydrogen-bond donors (Lipinski definition) is 1. The maximum Gasteiger partial charge on any atom is 0.338 e. The van der Waals surface area contributed by atoms with E-state index in [2.05, 4.69) is 10.3 Å². The summed E-state index contributed by atoms with van der Waals surface area (Å²) >= 11 is 7.21. The Bertz CT molecular complexity index is 994. The molecule has 2 aromatic carbocycles. The number of thioether (sulfide) groups is 1. The zero-order valence-electron chi connectivity index (χ0n) is 16.4. The number of benzene rings is 2. The second-order valence-electron chi connectivity index (χ2n) is 6.42. The van der Waals surface area contributed by atoms with Crippen molar-refractivity contribution in [3.8, 4) is 0 Å². The largest absolute Gasteiger partial charge is 0.462 e. The Morgan fingerprint density at radius 2 is 2.00 bits per heavy atom. The van der Waals surface area contributed by atoms with Gasteiger partial charge in [-0.3, -0.25) is 14.5 Å². The third-order valence-corrected chi connectivity index (χ3v) is 5.73. The molecular formula is C21H20ClN3O4S. The molecule has 1 aliphatic rings. The third kappa shape index (κ3) is 5.40. The third-order valence-electron chi connectivity index (χ3n) is 4.26. The minimum absolute atomic E-state index is 0.0580. The number of aliphatic imine (C=N–C) groups is 1. The molecule has 9 heteroatoms. The van der Waals surface area contributed by atoms with Gasteiger partial charge in [0.1, 0.15) is 5.25 Å². The summed E-state index contributed by atoms with van der Waals surface area (Å²) in [5.41, 5.74) is 1.52. The first-order chi connectivity index (χ1) is 14.4. The molecule has 1 heterocycles. The number of nitrogens with one attached hydrogen (secondary N) is 1. The van der Waals surface area contributed by atoms with Gasteiger partial charge in [0.05, 0.1) is 17.9 Å². The predicted molar refractivity (Wildman–Crippen MR) is 118 cm³/mol. The number of amides is 2. The van der Waals surface area contributed by atoms with Gasteiger partial charge in [-0.2, -0.15) is 0 Å². The van der Waals surface area contributed by atoms with Crippen LogP contribution in [0.15, 0.2) is 53.5 Å². The summed E-state index contributed by atoms with van der Waals surface area (Å²) in [6.07, 6.45) is 0.0580. The molecule has 1 aliphatic heterocycles. The van der Waals surface area contributed by atoms with E-state index in [1.807, 2.05) is 0 Å². The summed E-state index contributed by atoms with van der Waals surface area (Å²) < 4.78 is 4.94. The second-order valence-corrected chi connectivity index (χ2v) is 8.03. The van der Waals surface area contributed by atoms with Crippen molar-refractivity contribution in [2.75, 3.05) is 19.0 Å². The monoisotopic (exact) mass is 445 g/mol. The fourth-order valence-electron chi connectivity index (χ4n) is 2.68. The smallest absolute Gasteiger partial charge is 0.338 e. The van der Waals surface area contributed by atoms with Crippen LogP contribution in [-0.2, 0) is 14.3 Å². The number of carbonyl (C=O) groups excluding carboxylic acids is 3. The van der Waals surface area contributed by atoms with Crippen molar-refractivity contribution in [2.45, 2.75) is 18.6 Å². The molecule has 0 aromatic heterocycles. The Balaban J connectivity index is 1.71. The van der Waals surface area contributed by atoms with Crippen molar-refractivity contribution in [2.24, 2.45) is 4.99 Å². The van der Waals surface area contributed by atoms with Crippen LogP contribution in [0.2, 0.25) is 5.02 Å². The fraction of sp³-hybridized carbons (Fsp3) is 0.238. The van der Waals surface area contributed by atoms with Gasteiger partial charge in [-0.15, -0.1) is 0 Å². The lowest BCUT2D eigenvalue weighted by Gasteiger charge is -2.28. The molecule has 0 spiro atoms. The Kier molecular flexibility index (Phi) is 7.12. The average Bonchev–Trinajstić information content (AvgIpc) is 2.72. The summed E-state index contributed by atoms with van der Waals surface area (Å²) in [6, 6.07) is 13.3. The van der Waals surface area contributed by atoms with E-state index in [0.717, 1.165) is 0 Å². The number of rotatable bonds is 5. The van der Waals surface area contributed by atoms with Crippen molar-refractivity contribution in [3.05, 3.63) is 59.1 Å². The lowest BCUT2D eigenvalue weighted by Crippen LogP contribution is -2.43. The molecule has 1 fully saturated rings. The van der Waals surface area contributed by atoms with E-state index in [0.29, 0.717) is 27.1 Å². The van der Waals surface area contributed by atoms with Crippen molar-refractivity contribution >= 4 is 57.7 Å². The molecule has 0 bridgehead atoms. The minimum atomic E-state index is -0.628. The number of anilines is 1. The summed E-state index contributed by atoms with van der Waals surface area (Å²) in [6.45, 7) is 2.02. The van der Waals surface area contributed by atoms with Crippen LogP contribution in [0.1, 0.15) is 23.7 Å². The van der Waals surface area contributed by atoms with E-state index in [1.54, 1.807) is 62.5 Å². The molecule has 30 heavy (non-hydrogen) atoms. The quantitative estimate of drug-likeness (QED) is 0.700. The van der Waals surface area contributed by atoms with E-state index in [4.69, 9.17) is 16.3 Å². The van der Waals surface area contributed by atoms with Crippen LogP contribution in [0, 0.1) is 0 Å². The van der Waals surface area contributed by atoms with Crippen LogP contribution in [0.5, 0.6) is 0 Å². The topological polar surface area (TPSA) is 88.1 Å². The maximum atomic E-state index is 12.7. The molecule has 2 amide bonds. The maximum absolute atomic E-state index is 12.7. The molecule has 7 nitrogen and oxygen atoms in total. The van der Waals surface area contributed by atoms with E-state index in [-0.39, 0.29) is 24.8 Å². The van der Waals surface area contributed by atoms with Crippen LogP contribution >= 0.6 is 23.4 Å². The zero-order valence-corrected chi connectivity index (χ0v) is 18.0. The molecule has 0 saturated carbocycles. The standard InChI is InChI=1S/C21H20ClN3O4S/c1-3-29-20(28)13-7-9-15(10-8-13)23-19(27)17-12-18(26)25(2)21(30-17)24-16-6-4-5-14(22)11-16/h4-11,17H,3,12H2,1-2H3,(H,23,27)/t17-/m0/s1. The Morgan fingerprint density at radius 3 is 2.67 bits per heavy atom. The molecule has 2 aromatic rings. The number of nitrogens with zero attached hydrogens (tertiary/aromatic N) is 2. The van der Waals surface area contributed by atoms with Crippen molar-refractivity contribution in [1.82, 2.24) is 4.90 Å². The van der Waals surface area contributed by atoms with Gasteiger partial charge in [-0.05, 0) is 49.4 Å². The Labute approximate surface area is 183 Å². The first kappa shape index (κ1) is 21.9. The molecule has 1 N–H and O–H groups in total. The highest BCUT2D eigenvalue weighted by atomic mass is 35.5. The van der Waals surface area contributed by atoms with Gasteiger partial charge in [-0.1, -0.05) is 29.4 Å². The van der Waals surface area contributed by atoms with Crippen molar-refractivity contribution < 1.29 is 19.1 Å². The van der Waals surface area contributed by atoms with Crippen LogP contribution < -0.4 is 5.32 Å². The molecule has 1 atom stereocenters. The zero-order chi connectivity index (χ0) is 21.7. The number of ether oxygens (including phenoxy) is 1. The lowest BCUT2D eigenvalue weighted by molar-refractivity contribution is -0.128. The predicted octanol–water partition coefficient (Wildman–Crippen LogP) is 4.11. The van der Waals surface area contributed by atoms with E-state index in [9.17, 15) is 14.4 Å². The molecule has 0 radical (unpaired) electrons. The van der Waals surface area contributed by atoms with Crippen LogP contribution in [0.3, 0.4) is 0 Å². The fourth-order valence-corrected chi connectivity index (χ4v) is 3.93. The molecule has 156 valence electrons. The summed E-state index contributed by atoms with van der Waals surface area (Å²) in [5, 5.41) is 3.11. The molecule has 0 aliphatic carbocycles. The summed E-state index contributed by atoms with van der Waals surface area (Å²) in [5.74, 6) is -0.940.